The number of amides is 4. The van der Waals surface area contributed by atoms with Gasteiger partial charge in [0.2, 0.25) is 5.91 Å². The number of urea groups is 1. The average molecular weight is 800 g/mol. The average Bonchev–Trinajstić information content (AvgIpc) is 3.47. The highest BCUT2D eigenvalue weighted by atomic mass is 32.3. The number of nitro groups is 1. The van der Waals surface area contributed by atoms with E-state index in [4.69, 9.17) is 4.74 Å². The maximum Gasteiger partial charge on any atom is 0.329 e. The third-order valence-corrected chi connectivity index (χ3v) is 12.9. The molecule has 17 nitrogen and oxygen atoms in total. The summed E-state index contributed by atoms with van der Waals surface area (Å²) in [4.78, 5) is 70.5. The highest BCUT2D eigenvalue weighted by Gasteiger charge is 2.57. The summed E-state index contributed by atoms with van der Waals surface area (Å²) < 4.78 is 41.9. The molecule has 3 aromatic rings. The van der Waals surface area contributed by atoms with Crippen molar-refractivity contribution in [3.05, 3.63) is 94.3 Å². The third kappa shape index (κ3) is 9.65. The van der Waals surface area contributed by atoms with Crippen molar-refractivity contribution >= 4 is 56.8 Å². The Balaban J connectivity index is 1.24. The van der Waals surface area contributed by atoms with Crippen LogP contribution in [-0.4, -0.2) is 116 Å². The first-order valence-corrected chi connectivity index (χ1v) is 20.2. The molecule has 5 rings (SSSR count). The van der Waals surface area contributed by atoms with Crippen molar-refractivity contribution in [1.82, 2.24) is 24.4 Å². The summed E-state index contributed by atoms with van der Waals surface area (Å²) in [6.45, 7) is 9.51. The normalized spacial score (nSPS) is 18.7. The summed E-state index contributed by atoms with van der Waals surface area (Å²) in [5.41, 5.74) is 0.360. The first kappa shape index (κ1) is 41.2. The van der Waals surface area contributed by atoms with Crippen LogP contribution in [0.3, 0.4) is 0 Å². The Labute approximate surface area is 322 Å². The molecule has 0 saturated carbocycles. The van der Waals surface area contributed by atoms with Crippen LogP contribution in [0.15, 0.2) is 78.0 Å². The lowest BCUT2D eigenvalue weighted by atomic mass is 10.0. The Morgan fingerprint density at radius 3 is 2.20 bits per heavy atom. The number of nitrogens with zero attached hydrogens (tertiary/aromatic N) is 5. The molecule has 2 aliphatic heterocycles. The van der Waals surface area contributed by atoms with Crippen LogP contribution in [0.1, 0.15) is 50.5 Å². The maximum absolute atomic E-state index is 14.0. The number of non-ortho nitro benzene ring substituents is 1. The monoisotopic (exact) mass is 799 g/mol. The van der Waals surface area contributed by atoms with Crippen molar-refractivity contribution in [3.63, 3.8) is 0 Å². The summed E-state index contributed by atoms with van der Waals surface area (Å²) in [7, 11) is -5.75. The molecule has 3 heterocycles. The number of aromatic nitrogens is 1. The Morgan fingerprint density at radius 1 is 1.02 bits per heavy atom. The van der Waals surface area contributed by atoms with Crippen LogP contribution in [0, 0.1) is 10.1 Å². The van der Waals surface area contributed by atoms with Crippen molar-refractivity contribution in [1.29, 1.82) is 0 Å². The largest absolute Gasteiger partial charge is 0.458 e. The van der Waals surface area contributed by atoms with E-state index < -0.39 is 49.0 Å². The van der Waals surface area contributed by atoms with E-state index in [1.54, 1.807) is 68.7 Å². The van der Waals surface area contributed by atoms with Gasteiger partial charge in [-0.2, -0.15) is 4.31 Å². The lowest BCUT2D eigenvalue weighted by molar-refractivity contribution is -0.384. The molecule has 296 valence electrons. The molecular formula is C36H45N7O10S2. The Hall–Kier alpha value is -4.95. The first-order valence-electron chi connectivity index (χ1n) is 17.3. The summed E-state index contributed by atoms with van der Waals surface area (Å²) in [5.74, 6) is -1.96. The first-order chi connectivity index (χ1) is 25.6. The van der Waals surface area contributed by atoms with Gasteiger partial charge in [0.1, 0.15) is 17.7 Å². The molecule has 4 amide bonds. The predicted molar refractivity (Wildman–Crippen MR) is 206 cm³/mol. The second-order valence-electron chi connectivity index (χ2n) is 14.7. The molecule has 2 aromatic carbocycles. The maximum atomic E-state index is 14.0. The molecule has 2 fully saturated rings. The van der Waals surface area contributed by atoms with Gasteiger partial charge in [-0.15, -0.1) is 11.8 Å². The molecule has 55 heavy (non-hydrogen) atoms. The fourth-order valence-electron chi connectivity index (χ4n) is 6.16. The zero-order chi connectivity index (χ0) is 40.4. The minimum atomic E-state index is -5.75. The van der Waals surface area contributed by atoms with Crippen LogP contribution in [0.5, 0.6) is 0 Å². The van der Waals surface area contributed by atoms with E-state index in [0.29, 0.717) is 16.8 Å². The molecule has 0 aliphatic carbocycles. The van der Waals surface area contributed by atoms with Crippen molar-refractivity contribution in [2.24, 2.45) is 0 Å². The summed E-state index contributed by atoms with van der Waals surface area (Å²) >= 11 is 1.19. The van der Waals surface area contributed by atoms with Crippen LogP contribution in [0.25, 0.3) is 0 Å². The molecule has 19 heteroatoms. The summed E-state index contributed by atoms with van der Waals surface area (Å²) in [6, 6.07) is 11.7. The number of carbonyl (C=O) groups excluding carboxylic acids is 4. The number of nitrogens with one attached hydrogen (secondary N) is 2. The predicted octanol–water partition coefficient (Wildman–Crippen LogP) is 4.24. The molecule has 2 saturated heterocycles. The standard InChI is InChI=1S/C36H45N7O10S2/c1-35(2,3)53-33(46)29(39-31(44)30-36(4,5)54-23-42(30)55(50,51,52)28-7-6-16-37-22-28)21-24-8-12-26(13-9-24)38-34(47)41-19-17-40(18-20-41)32(45)25-10-14-27(15-11-25)43(48)49/h6-16,22,29-30H,17-21,23H2,1-5H3,(H,38,47)(H,39,44)(H2,50,51,52)/t29-,30+/m0/s1. The van der Waals surface area contributed by atoms with Gasteiger partial charge in [0.05, 0.1) is 15.7 Å². The fourth-order valence-corrected chi connectivity index (χ4v) is 9.71. The lowest BCUT2D eigenvalue weighted by Gasteiger charge is -2.43. The Morgan fingerprint density at radius 2 is 1.64 bits per heavy atom. The van der Waals surface area contributed by atoms with Gasteiger partial charge in [-0.1, -0.05) is 12.1 Å². The fraction of sp³-hybridized carbons (Fsp3) is 0.417. The molecule has 4 N–H and O–H groups in total. The number of hydrogen-bond acceptors (Lipinski definition) is 10. The van der Waals surface area contributed by atoms with E-state index in [1.807, 2.05) is 0 Å². The van der Waals surface area contributed by atoms with Crippen LogP contribution in [-0.2, 0) is 30.6 Å². The second-order valence-corrected chi connectivity index (χ2v) is 18.9. The smallest absolute Gasteiger partial charge is 0.329 e. The number of anilines is 1. The van der Waals surface area contributed by atoms with Gasteiger partial charge in [0.15, 0.2) is 9.81 Å². The SMILES string of the molecule is CC(C)(C)OC(=O)[C@H](Cc1ccc(NC(=O)N2CCN(C(=O)c3ccc([N+](=O)[O-])cc3)CC2)cc1)NC(=O)[C@H]1N(S(=O)(O)(O)c2cccnc2)CSC1(C)C. The summed E-state index contributed by atoms with van der Waals surface area (Å²) in [6.07, 6.45) is 2.41. The van der Waals surface area contributed by atoms with Crippen LogP contribution in [0.2, 0.25) is 0 Å². The third-order valence-electron chi connectivity index (χ3n) is 9.06. The van der Waals surface area contributed by atoms with E-state index in [0.717, 1.165) is 10.5 Å². The van der Waals surface area contributed by atoms with Gasteiger partial charge in [0, 0.05) is 73.1 Å². The molecule has 0 unspecified atom stereocenters. The number of esters is 1. The highest BCUT2D eigenvalue weighted by Crippen LogP contribution is 2.47. The Bertz CT molecular complexity index is 1990. The van der Waals surface area contributed by atoms with Gasteiger partial charge in [-0.3, -0.25) is 33.8 Å². The molecule has 0 bridgehead atoms. The molecule has 2 atom stereocenters. The van der Waals surface area contributed by atoms with E-state index in [9.17, 15) is 42.6 Å². The van der Waals surface area contributed by atoms with Crippen LogP contribution >= 0.6 is 11.8 Å². The molecular weight excluding hydrogens is 755 g/mol. The van der Waals surface area contributed by atoms with Crippen molar-refractivity contribution in [2.45, 2.75) is 68.4 Å². The van der Waals surface area contributed by atoms with E-state index >= 15 is 0 Å². The zero-order valence-electron chi connectivity index (χ0n) is 31.0. The van der Waals surface area contributed by atoms with E-state index in [1.165, 1.54) is 54.4 Å². The molecule has 0 radical (unpaired) electrons. The van der Waals surface area contributed by atoms with Gasteiger partial charge in [-0.25, -0.2) is 13.8 Å². The molecule has 2 aliphatic rings. The number of benzene rings is 2. The zero-order valence-corrected chi connectivity index (χ0v) is 32.7. The number of ether oxygens (including phenoxy) is 1. The summed E-state index contributed by atoms with van der Waals surface area (Å²) in [5, 5.41) is 16.5. The van der Waals surface area contributed by atoms with Crippen molar-refractivity contribution in [3.8, 4) is 0 Å². The topological polar surface area (TPSA) is 225 Å². The number of thioether (sulfide) groups is 1. The minimum Gasteiger partial charge on any atom is -0.458 e. The van der Waals surface area contributed by atoms with Crippen LogP contribution in [0.4, 0.5) is 16.2 Å². The van der Waals surface area contributed by atoms with Crippen molar-refractivity contribution in [2.75, 3.05) is 37.4 Å². The van der Waals surface area contributed by atoms with Crippen LogP contribution < -0.4 is 10.6 Å². The van der Waals surface area contributed by atoms with Gasteiger partial charge < -0.3 is 25.2 Å². The quantitative estimate of drug-likeness (QED) is 0.128. The number of nitro benzene ring substituents is 1. The molecule has 0 spiro atoms. The van der Waals surface area contributed by atoms with E-state index in [2.05, 4.69) is 15.6 Å². The van der Waals surface area contributed by atoms with E-state index in [-0.39, 0.29) is 61.0 Å². The van der Waals surface area contributed by atoms with Gasteiger partial charge in [0.25, 0.3) is 11.6 Å². The number of hydrogen-bond donors (Lipinski definition) is 4. The minimum absolute atomic E-state index is 0.0279. The highest BCUT2D eigenvalue weighted by molar-refractivity contribution is 8.09. The number of piperazine rings is 1. The number of carbonyl (C=O) groups is 4. The number of rotatable bonds is 10. The Kier molecular flexibility index (Phi) is 11.7. The molecule has 1 aromatic heterocycles. The van der Waals surface area contributed by atoms with Gasteiger partial charge >= 0.3 is 12.0 Å². The number of pyridine rings is 1. The van der Waals surface area contributed by atoms with Gasteiger partial charge in [-0.05, 0) is 76.6 Å². The van der Waals surface area contributed by atoms with Crippen molar-refractivity contribution < 1.29 is 42.2 Å². The second kappa shape index (κ2) is 15.7. The lowest BCUT2D eigenvalue weighted by Crippen LogP contribution is -2.62.